The molecule has 0 aliphatic heterocycles. The Labute approximate surface area is 318 Å². The first kappa shape index (κ1) is 33.4. The minimum atomic E-state index is 0.161. The first-order valence-corrected chi connectivity index (χ1v) is 17.1. The second kappa shape index (κ2) is 12.6. The van der Waals surface area contributed by atoms with Crippen molar-refractivity contribution < 1.29 is 4.42 Å². The lowest BCUT2D eigenvalue weighted by molar-refractivity contribution is 0.669. The Bertz CT molecular complexity index is 2830. The van der Waals surface area contributed by atoms with Crippen LogP contribution < -0.4 is 43.7 Å². The Balaban J connectivity index is 1.52. The molecule has 0 saturated carbocycles. The number of fused-ring (bicyclic) bond motifs is 5. The Morgan fingerprint density at radius 3 is 1.17 bits per heavy atom. The zero-order valence-electron chi connectivity index (χ0n) is 28.6. The highest BCUT2D eigenvalue weighted by Crippen LogP contribution is 2.44. The second-order valence-electron chi connectivity index (χ2n) is 13.4. The van der Waals surface area contributed by atoms with Crippen LogP contribution in [0.2, 0.25) is 0 Å². The predicted molar refractivity (Wildman–Crippen MR) is 234 cm³/mol. The third-order valence-electron chi connectivity index (χ3n) is 10.4. The van der Waals surface area contributed by atoms with Crippen LogP contribution in [-0.4, -0.2) is 62.8 Å². The summed E-state index contributed by atoms with van der Waals surface area (Å²) in [5.74, 6) is 0. The third-order valence-corrected chi connectivity index (χ3v) is 10.4. The summed E-state index contributed by atoms with van der Waals surface area (Å²) >= 11 is 0. The molecule has 0 spiro atoms. The maximum absolute atomic E-state index is 7.06. The van der Waals surface area contributed by atoms with Gasteiger partial charge < -0.3 is 4.42 Å². The fourth-order valence-electron chi connectivity index (χ4n) is 7.77. The van der Waals surface area contributed by atoms with Gasteiger partial charge in [-0.2, -0.15) is 0 Å². The summed E-state index contributed by atoms with van der Waals surface area (Å²) in [6.07, 6.45) is 0. The Kier molecular flexibility index (Phi) is 7.97. The molecule has 0 amide bonds. The second-order valence-corrected chi connectivity index (χ2v) is 13.4. The van der Waals surface area contributed by atoms with Crippen LogP contribution in [-0.2, 0) is 0 Å². The van der Waals surface area contributed by atoms with Gasteiger partial charge in [-0.25, -0.2) is 0 Å². The van der Waals surface area contributed by atoms with Crippen molar-refractivity contribution in [3.05, 3.63) is 121 Å². The van der Waals surface area contributed by atoms with Gasteiger partial charge in [-0.1, -0.05) is 107 Å². The van der Waals surface area contributed by atoms with Crippen molar-refractivity contribution in [2.75, 3.05) is 0 Å². The lowest BCUT2D eigenvalue weighted by atomic mass is 9.59. The summed E-state index contributed by atoms with van der Waals surface area (Å²) in [6, 6.07) is 40.4. The Morgan fingerprint density at radius 1 is 0.283 bits per heavy atom. The molecule has 0 aliphatic carbocycles. The molecule has 0 saturated heterocycles. The molecule has 9 aromatic rings. The van der Waals surface area contributed by atoms with Gasteiger partial charge in [0.15, 0.2) is 0 Å². The van der Waals surface area contributed by atoms with Gasteiger partial charge in [0.05, 0.1) is 0 Å². The smallest absolute Gasteiger partial charge is 0.135 e. The summed E-state index contributed by atoms with van der Waals surface area (Å²) in [7, 11) is 54.9. The standard InChI is InChI=1S/C44H20B8O/c45-37-33-31(23-15-16-30-28(20-23)27-13-7-8-14-29(27)53-30)34-36(40(48)44(52)42(50)38(34)46)32(35(33)39(47)43(51)41(37)49)26-18-24(21-9-3-1-4-10-21)17-25(19-26)22-11-5-2-6-12-22/h1-20H. The minimum Gasteiger partial charge on any atom is -0.456 e. The van der Waals surface area contributed by atoms with E-state index in [0.29, 0.717) is 32.7 Å². The number of rotatable bonds is 4. The zero-order chi connectivity index (χ0) is 36.7. The molecule has 0 fully saturated rings. The zero-order valence-corrected chi connectivity index (χ0v) is 28.6. The topological polar surface area (TPSA) is 13.1 Å². The molecule has 8 aromatic carbocycles. The Morgan fingerprint density at radius 2 is 0.679 bits per heavy atom. The number of furan rings is 1. The molecule has 0 N–H and O–H groups in total. The number of hydrogen-bond donors (Lipinski definition) is 0. The number of hydrogen-bond acceptors (Lipinski definition) is 1. The van der Waals surface area contributed by atoms with Crippen molar-refractivity contribution in [2.45, 2.75) is 0 Å². The monoisotopic (exact) mass is 652 g/mol. The summed E-state index contributed by atoms with van der Waals surface area (Å²) < 4.78 is 6.18. The molecule has 0 bridgehead atoms. The van der Waals surface area contributed by atoms with Crippen molar-refractivity contribution in [3.8, 4) is 44.5 Å². The average molecular weight is 651 g/mol. The van der Waals surface area contributed by atoms with Crippen molar-refractivity contribution in [2.24, 2.45) is 0 Å². The van der Waals surface area contributed by atoms with E-state index in [1.54, 1.807) is 0 Å². The minimum absolute atomic E-state index is 0.161. The van der Waals surface area contributed by atoms with E-state index in [4.69, 9.17) is 67.2 Å². The lowest BCUT2D eigenvalue weighted by Gasteiger charge is -2.29. The van der Waals surface area contributed by atoms with Crippen molar-refractivity contribution >= 4 is 150 Å². The maximum Gasteiger partial charge on any atom is 0.135 e. The lowest BCUT2D eigenvalue weighted by Crippen LogP contribution is -2.50. The molecular formula is C44H20B8O. The summed E-state index contributed by atoms with van der Waals surface area (Å²) in [6.45, 7) is 0. The third kappa shape index (κ3) is 5.12. The van der Waals surface area contributed by atoms with Crippen LogP contribution in [0.4, 0.5) is 0 Å². The fourth-order valence-corrected chi connectivity index (χ4v) is 7.77. The normalized spacial score (nSPS) is 11.6. The molecule has 16 radical (unpaired) electrons. The molecule has 226 valence electrons. The van der Waals surface area contributed by atoms with Crippen LogP contribution in [0.15, 0.2) is 126 Å². The van der Waals surface area contributed by atoms with Crippen LogP contribution in [0.5, 0.6) is 0 Å². The molecule has 1 heterocycles. The van der Waals surface area contributed by atoms with Crippen molar-refractivity contribution in [3.63, 3.8) is 0 Å². The molecular weight excluding hydrogens is 631 g/mol. The first-order chi connectivity index (χ1) is 25.6. The van der Waals surface area contributed by atoms with Crippen molar-refractivity contribution in [1.29, 1.82) is 0 Å². The first-order valence-electron chi connectivity index (χ1n) is 17.1. The molecule has 0 atom stereocenters. The van der Waals surface area contributed by atoms with Gasteiger partial charge >= 0.3 is 0 Å². The fraction of sp³-hybridized carbons (Fsp3) is 0. The molecule has 0 aliphatic rings. The van der Waals surface area contributed by atoms with Crippen LogP contribution in [0.25, 0.3) is 88.0 Å². The molecule has 53 heavy (non-hydrogen) atoms. The number of para-hydroxylation sites is 1. The quantitative estimate of drug-likeness (QED) is 0.211. The number of benzene rings is 8. The van der Waals surface area contributed by atoms with Gasteiger partial charge in [-0.3, -0.25) is 0 Å². The van der Waals surface area contributed by atoms with E-state index in [1.807, 2.05) is 78.9 Å². The molecule has 0 unspecified atom stereocenters. The van der Waals surface area contributed by atoms with E-state index in [1.165, 1.54) is 0 Å². The average Bonchev–Trinajstić information content (AvgIpc) is 3.58. The van der Waals surface area contributed by atoms with Gasteiger partial charge in [0.2, 0.25) is 0 Å². The van der Waals surface area contributed by atoms with E-state index < -0.39 is 0 Å². The highest BCUT2D eigenvalue weighted by atomic mass is 16.3. The summed E-state index contributed by atoms with van der Waals surface area (Å²) in [5, 5.41) is 4.10. The van der Waals surface area contributed by atoms with E-state index in [-0.39, 0.29) is 43.7 Å². The van der Waals surface area contributed by atoms with E-state index in [0.717, 1.165) is 55.3 Å². The van der Waals surface area contributed by atoms with E-state index in [2.05, 4.69) is 42.5 Å². The molecule has 9 heteroatoms. The highest BCUT2D eigenvalue weighted by Gasteiger charge is 2.25. The van der Waals surface area contributed by atoms with Crippen molar-refractivity contribution in [1.82, 2.24) is 0 Å². The van der Waals surface area contributed by atoms with Gasteiger partial charge in [-0.05, 0) is 102 Å². The molecule has 1 aromatic heterocycles. The van der Waals surface area contributed by atoms with Crippen LogP contribution >= 0.6 is 0 Å². The largest absolute Gasteiger partial charge is 0.456 e. The predicted octanol–water partition coefficient (Wildman–Crippen LogP) is 2.91. The Hall–Kier alpha value is -5.40. The van der Waals surface area contributed by atoms with Gasteiger partial charge in [-0.15, -0.1) is 21.9 Å². The molecule has 1 nitrogen and oxygen atoms in total. The SMILES string of the molecule is [B]c1c([B])c([B])c2c(-c3ccc4oc5ccccc5c4c3)c3c([B])c([B])c([B])c([B])c3c(-c3cc(-c4ccccc4)cc(-c4ccccc4)c3)c2c1[B]. The van der Waals surface area contributed by atoms with Crippen LogP contribution in [0.1, 0.15) is 0 Å². The highest BCUT2D eigenvalue weighted by molar-refractivity contribution is 6.71. The van der Waals surface area contributed by atoms with Crippen LogP contribution in [0.3, 0.4) is 0 Å². The van der Waals surface area contributed by atoms with Crippen LogP contribution in [0, 0.1) is 0 Å². The van der Waals surface area contributed by atoms with E-state index in [9.17, 15) is 0 Å². The summed E-state index contributed by atoms with van der Waals surface area (Å²) in [4.78, 5) is 0. The van der Waals surface area contributed by atoms with E-state index >= 15 is 0 Å². The molecule has 9 rings (SSSR count). The summed E-state index contributed by atoms with van der Waals surface area (Å²) in [5.41, 5.74) is 9.93. The van der Waals surface area contributed by atoms with Gasteiger partial charge in [0.1, 0.15) is 73.9 Å². The van der Waals surface area contributed by atoms with Gasteiger partial charge in [0, 0.05) is 10.8 Å². The van der Waals surface area contributed by atoms with Gasteiger partial charge in [0.25, 0.3) is 0 Å². The maximum atomic E-state index is 7.06.